The van der Waals surface area contributed by atoms with Crippen LogP contribution in [0.3, 0.4) is 0 Å². The molecule has 0 aliphatic carbocycles. The third-order valence-corrected chi connectivity index (χ3v) is 4.57. The van der Waals surface area contributed by atoms with Crippen molar-refractivity contribution >= 4 is 23.2 Å². The largest absolute Gasteiger partial charge is 0.458 e. The second kappa shape index (κ2) is 7.38. The van der Waals surface area contributed by atoms with Crippen LogP contribution < -0.4 is 0 Å². The van der Waals surface area contributed by atoms with E-state index in [-0.39, 0.29) is 0 Å². The molecule has 4 unspecified atom stereocenters. The van der Waals surface area contributed by atoms with Crippen LogP contribution in [0.2, 0.25) is 0 Å². The van der Waals surface area contributed by atoms with Crippen LogP contribution in [0, 0.1) is 20.2 Å². The summed E-state index contributed by atoms with van der Waals surface area (Å²) < 4.78 is 24.5. The lowest BCUT2D eigenvalue weighted by atomic mass is 10.2. The smallest absolute Gasteiger partial charge is 0.344 e. The van der Waals surface area contributed by atoms with Gasteiger partial charge in [-0.15, -0.1) is 0 Å². The average Bonchev–Trinajstić information content (AvgIpc) is 2.51. The summed E-state index contributed by atoms with van der Waals surface area (Å²) in [6.45, 7) is 2.05. The molecule has 0 N–H and O–H groups in total. The molecule has 0 aromatic carbocycles. The van der Waals surface area contributed by atoms with Crippen LogP contribution >= 0.6 is 23.2 Å². The fourth-order valence-corrected chi connectivity index (χ4v) is 1.92. The molecule has 0 spiro atoms. The fraction of sp³-hybridized carbons (Fsp3) is 1.00. The van der Waals surface area contributed by atoms with E-state index in [1.807, 2.05) is 0 Å². The predicted octanol–water partition coefficient (Wildman–Crippen LogP) is 1.36. The van der Waals surface area contributed by atoms with Gasteiger partial charge < -0.3 is 18.9 Å². The number of nitro groups is 2. The summed E-state index contributed by atoms with van der Waals surface area (Å²) in [6, 6.07) is 0. The van der Waals surface area contributed by atoms with Crippen LogP contribution in [-0.4, -0.2) is 60.2 Å². The number of halogens is 2. The van der Waals surface area contributed by atoms with Gasteiger partial charge in [0.1, 0.15) is 0 Å². The molecule has 0 saturated heterocycles. The molecule has 136 valence electrons. The number of alkyl halides is 2. The minimum atomic E-state index is -2.76. The Labute approximate surface area is 142 Å². The summed E-state index contributed by atoms with van der Waals surface area (Å²) in [4.78, 5) is 20.4. The van der Waals surface area contributed by atoms with Gasteiger partial charge >= 0.3 is 10.4 Å². The zero-order valence-corrected chi connectivity index (χ0v) is 14.8. The highest BCUT2D eigenvalue weighted by Crippen LogP contribution is 2.43. The molecule has 0 aromatic heterocycles. The lowest BCUT2D eigenvalue weighted by molar-refractivity contribution is -0.672. The zero-order chi connectivity index (χ0) is 18.7. The number of hydrogen-bond donors (Lipinski definition) is 0. The molecule has 0 heterocycles. The highest BCUT2D eigenvalue weighted by atomic mass is 35.5. The Morgan fingerprint density at radius 1 is 0.739 bits per heavy atom. The molecule has 0 aliphatic rings. The van der Waals surface area contributed by atoms with Gasteiger partial charge in [0.2, 0.25) is 0 Å². The SMILES string of the molecule is COC(C)(OC(C)(OC)C(Cl)(OC)[N+](=O)[O-])C(Cl)(OC)[N+](=O)[O-]. The monoisotopic (exact) mass is 380 g/mol. The van der Waals surface area contributed by atoms with Crippen molar-refractivity contribution in [3.63, 3.8) is 0 Å². The normalized spacial score (nSPS) is 22.3. The van der Waals surface area contributed by atoms with Gasteiger partial charge in [0.25, 0.3) is 11.6 Å². The molecule has 13 heteroatoms. The molecule has 0 bridgehead atoms. The number of methoxy groups -OCH3 is 4. The second-order valence-corrected chi connectivity index (χ2v) is 5.47. The van der Waals surface area contributed by atoms with Crippen molar-refractivity contribution in [3.8, 4) is 0 Å². The first-order valence-corrected chi connectivity index (χ1v) is 6.67. The number of hydrogen-bond acceptors (Lipinski definition) is 9. The number of nitrogens with zero attached hydrogens (tertiary/aromatic N) is 2. The molecule has 11 nitrogen and oxygen atoms in total. The van der Waals surface area contributed by atoms with Crippen molar-refractivity contribution in [3.05, 3.63) is 20.2 Å². The predicted molar refractivity (Wildman–Crippen MR) is 77.1 cm³/mol. The van der Waals surface area contributed by atoms with Crippen molar-refractivity contribution in [1.82, 2.24) is 0 Å². The van der Waals surface area contributed by atoms with Gasteiger partial charge in [-0.3, -0.25) is 25.0 Å². The lowest BCUT2D eigenvalue weighted by Crippen LogP contribution is -2.66. The highest BCUT2D eigenvalue weighted by molar-refractivity contribution is 6.22. The molecule has 23 heavy (non-hydrogen) atoms. The van der Waals surface area contributed by atoms with E-state index in [0.29, 0.717) is 0 Å². The Kier molecular flexibility index (Phi) is 7.12. The summed E-state index contributed by atoms with van der Waals surface area (Å²) in [5.41, 5.74) is 0. The van der Waals surface area contributed by atoms with Crippen molar-refractivity contribution in [2.75, 3.05) is 28.4 Å². The van der Waals surface area contributed by atoms with E-state index in [2.05, 4.69) is 9.47 Å². The van der Waals surface area contributed by atoms with E-state index in [1.165, 1.54) is 0 Å². The van der Waals surface area contributed by atoms with E-state index >= 15 is 0 Å². The lowest BCUT2D eigenvalue weighted by Gasteiger charge is -2.42. The molecule has 0 radical (unpaired) electrons. The second-order valence-electron chi connectivity index (χ2n) is 4.45. The maximum absolute atomic E-state index is 11.2. The zero-order valence-electron chi connectivity index (χ0n) is 13.3. The standard InChI is InChI=1S/C10H18Cl2N2O9/c1-7(19-3,9(11,21-5)13(15)16)23-8(2,20-4)10(12,22-6)14(17)18/h1-6H3. The summed E-state index contributed by atoms with van der Waals surface area (Å²) in [6.07, 6.45) is 0. The molecule has 0 rings (SSSR count). The van der Waals surface area contributed by atoms with Crippen LogP contribution in [-0.2, 0) is 23.7 Å². The molecule has 0 fully saturated rings. The van der Waals surface area contributed by atoms with Gasteiger partial charge in [0, 0.05) is 65.5 Å². The summed E-state index contributed by atoms with van der Waals surface area (Å²) in [7, 11) is 3.89. The maximum atomic E-state index is 11.2. The van der Waals surface area contributed by atoms with Gasteiger partial charge in [0.15, 0.2) is 0 Å². The van der Waals surface area contributed by atoms with Gasteiger partial charge in [-0.25, -0.2) is 0 Å². The summed E-state index contributed by atoms with van der Waals surface area (Å²) in [5, 5.41) is 16.9. The summed E-state index contributed by atoms with van der Waals surface area (Å²) >= 11 is 11.6. The van der Waals surface area contributed by atoms with Crippen LogP contribution in [0.15, 0.2) is 0 Å². The van der Waals surface area contributed by atoms with Crippen LogP contribution in [0.5, 0.6) is 0 Å². The van der Waals surface area contributed by atoms with Crippen molar-refractivity contribution < 1.29 is 33.5 Å². The Morgan fingerprint density at radius 2 is 1.00 bits per heavy atom. The molecule has 0 aliphatic heterocycles. The Morgan fingerprint density at radius 3 is 1.13 bits per heavy atom. The topological polar surface area (TPSA) is 132 Å². The maximum Gasteiger partial charge on any atom is 0.458 e. The minimum Gasteiger partial charge on any atom is -0.344 e. The van der Waals surface area contributed by atoms with Crippen LogP contribution in [0.1, 0.15) is 13.8 Å². The van der Waals surface area contributed by atoms with Gasteiger partial charge in [-0.2, -0.15) is 0 Å². The molecule has 0 amide bonds. The minimum absolute atomic E-state index is 0.929. The molecular weight excluding hydrogens is 363 g/mol. The van der Waals surface area contributed by atoms with E-state index < -0.39 is 31.8 Å². The highest BCUT2D eigenvalue weighted by Gasteiger charge is 2.71. The first kappa shape index (κ1) is 22.2. The Balaban J connectivity index is 6.11. The first-order valence-electron chi connectivity index (χ1n) is 5.91. The quantitative estimate of drug-likeness (QED) is 0.181. The first-order chi connectivity index (χ1) is 10.3. The molecule has 0 aromatic rings. The molecular formula is C10H18Cl2N2O9. The van der Waals surface area contributed by atoms with Crippen molar-refractivity contribution in [2.45, 2.75) is 35.8 Å². The summed E-state index contributed by atoms with van der Waals surface area (Å²) in [5.74, 6) is -4.71. The van der Waals surface area contributed by atoms with Crippen LogP contribution in [0.4, 0.5) is 0 Å². The van der Waals surface area contributed by atoms with Crippen molar-refractivity contribution in [1.29, 1.82) is 0 Å². The van der Waals surface area contributed by atoms with Crippen molar-refractivity contribution in [2.24, 2.45) is 0 Å². The van der Waals surface area contributed by atoms with Gasteiger partial charge in [-0.1, -0.05) is 0 Å². The van der Waals surface area contributed by atoms with Crippen LogP contribution in [0.25, 0.3) is 0 Å². The van der Waals surface area contributed by atoms with E-state index in [0.717, 1.165) is 42.3 Å². The Hall–Kier alpha value is -0.820. The van der Waals surface area contributed by atoms with Gasteiger partial charge in [-0.05, 0) is 0 Å². The average molecular weight is 381 g/mol. The Bertz CT molecular complexity index is 430. The third kappa shape index (κ3) is 3.50. The van der Waals surface area contributed by atoms with E-state index in [9.17, 15) is 20.2 Å². The van der Waals surface area contributed by atoms with E-state index in [1.54, 1.807) is 0 Å². The number of ether oxygens (including phenoxy) is 5. The van der Waals surface area contributed by atoms with Gasteiger partial charge in [0.05, 0.1) is 9.85 Å². The fourth-order valence-electron chi connectivity index (χ4n) is 1.68. The molecule has 4 atom stereocenters. The van der Waals surface area contributed by atoms with E-state index in [4.69, 9.17) is 37.4 Å². The molecule has 0 saturated carbocycles. The third-order valence-electron chi connectivity index (χ3n) is 3.30. The number of rotatable bonds is 10.